The molecule has 1 saturated heterocycles. The van der Waals surface area contributed by atoms with Crippen LogP contribution in [0.15, 0.2) is 42.5 Å². The van der Waals surface area contributed by atoms with E-state index in [2.05, 4.69) is 0 Å². The summed E-state index contributed by atoms with van der Waals surface area (Å²) in [6.07, 6.45) is 0.425. The standard InChI is InChI=1S/C26H27ClN4O4/c1-3-13-35-26(34)31-11-9-30(10-12-31)25(33)19-7-8-20-21(15-19)29-23(16(2)22(20)27)17-5-4-6-18(14-17)24(28)32/h4-8,14-15H,3,9-13H2,1-2H3,(H2,28,32). The van der Waals surface area contributed by atoms with Gasteiger partial charge in [-0.2, -0.15) is 0 Å². The minimum Gasteiger partial charge on any atom is -0.449 e. The van der Waals surface area contributed by atoms with Crippen molar-refractivity contribution in [2.24, 2.45) is 5.73 Å². The second-order valence-corrected chi connectivity index (χ2v) is 8.85. The van der Waals surface area contributed by atoms with Gasteiger partial charge in [0.2, 0.25) is 5.91 Å². The monoisotopic (exact) mass is 494 g/mol. The molecule has 1 aliphatic heterocycles. The maximum Gasteiger partial charge on any atom is 0.409 e. The zero-order valence-corrected chi connectivity index (χ0v) is 20.5. The van der Waals surface area contributed by atoms with Gasteiger partial charge in [0.05, 0.1) is 22.8 Å². The van der Waals surface area contributed by atoms with Crippen LogP contribution in [0.25, 0.3) is 22.2 Å². The Bertz CT molecular complexity index is 1300. The fraction of sp³-hybridized carbons (Fsp3) is 0.308. The van der Waals surface area contributed by atoms with E-state index in [1.54, 1.807) is 46.2 Å². The topological polar surface area (TPSA) is 106 Å². The van der Waals surface area contributed by atoms with Crippen LogP contribution in [-0.4, -0.2) is 65.5 Å². The molecule has 2 N–H and O–H groups in total. The number of benzene rings is 2. The lowest BCUT2D eigenvalue weighted by atomic mass is 10.0. The fourth-order valence-corrected chi connectivity index (χ4v) is 4.36. The third-order valence-corrected chi connectivity index (χ3v) is 6.56. The summed E-state index contributed by atoms with van der Waals surface area (Å²) in [7, 11) is 0. The molecule has 0 aliphatic carbocycles. The lowest BCUT2D eigenvalue weighted by Crippen LogP contribution is -2.50. The quantitative estimate of drug-likeness (QED) is 0.570. The minimum atomic E-state index is -0.525. The third-order valence-electron chi connectivity index (χ3n) is 6.07. The van der Waals surface area contributed by atoms with Gasteiger partial charge in [0.25, 0.3) is 5.91 Å². The van der Waals surface area contributed by atoms with Gasteiger partial charge in [0, 0.05) is 48.3 Å². The molecule has 2 heterocycles. The number of rotatable bonds is 5. The molecule has 8 nitrogen and oxygen atoms in total. The van der Waals surface area contributed by atoms with Crippen LogP contribution in [0.1, 0.15) is 39.6 Å². The molecule has 0 radical (unpaired) electrons. The van der Waals surface area contributed by atoms with Crippen LogP contribution in [0.5, 0.6) is 0 Å². The Labute approximate surface area is 208 Å². The molecular weight excluding hydrogens is 468 g/mol. The van der Waals surface area contributed by atoms with E-state index in [0.717, 1.165) is 17.4 Å². The number of aromatic nitrogens is 1. The normalized spacial score (nSPS) is 13.7. The maximum absolute atomic E-state index is 13.2. The molecule has 0 bridgehead atoms. The average molecular weight is 495 g/mol. The SMILES string of the molecule is CCCOC(=O)N1CCN(C(=O)c2ccc3c(Cl)c(C)c(-c4cccc(C(N)=O)c4)nc3c2)CC1. The molecule has 4 rings (SSSR count). The summed E-state index contributed by atoms with van der Waals surface area (Å²) in [5, 5.41) is 1.27. The highest BCUT2D eigenvalue weighted by molar-refractivity contribution is 6.36. The van der Waals surface area contributed by atoms with Gasteiger partial charge in [0.15, 0.2) is 0 Å². The number of ether oxygens (including phenoxy) is 1. The molecule has 3 aromatic rings. The fourth-order valence-electron chi connectivity index (χ4n) is 4.11. The number of halogens is 1. The zero-order chi connectivity index (χ0) is 25.1. The summed E-state index contributed by atoms with van der Waals surface area (Å²) >= 11 is 6.67. The van der Waals surface area contributed by atoms with Gasteiger partial charge < -0.3 is 20.3 Å². The van der Waals surface area contributed by atoms with Crippen LogP contribution in [-0.2, 0) is 4.74 Å². The number of piperazine rings is 1. The van der Waals surface area contributed by atoms with E-state index in [0.29, 0.717) is 65.7 Å². The molecule has 0 unspecified atom stereocenters. The first-order valence-corrected chi connectivity index (χ1v) is 11.9. The van der Waals surface area contributed by atoms with Crippen LogP contribution in [0.4, 0.5) is 4.79 Å². The smallest absolute Gasteiger partial charge is 0.409 e. The van der Waals surface area contributed by atoms with E-state index in [4.69, 9.17) is 27.1 Å². The predicted octanol–water partition coefficient (Wildman–Crippen LogP) is 4.27. The molecule has 2 aromatic carbocycles. The van der Waals surface area contributed by atoms with Gasteiger partial charge in [-0.15, -0.1) is 0 Å². The molecule has 1 aromatic heterocycles. The van der Waals surface area contributed by atoms with E-state index in [9.17, 15) is 14.4 Å². The van der Waals surface area contributed by atoms with Crippen molar-refractivity contribution in [3.63, 3.8) is 0 Å². The second-order valence-electron chi connectivity index (χ2n) is 8.47. The van der Waals surface area contributed by atoms with Crippen molar-refractivity contribution >= 4 is 40.4 Å². The van der Waals surface area contributed by atoms with Crippen molar-refractivity contribution in [1.29, 1.82) is 0 Å². The van der Waals surface area contributed by atoms with E-state index >= 15 is 0 Å². The number of fused-ring (bicyclic) bond motifs is 1. The molecule has 1 aliphatic rings. The first-order valence-electron chi connectivity index (χ1n) is 11.5. The highest BCUT2D eigenvalue weighted by Gasteiger charge is 2.26. The number of primary amides is 1. The number of carbonyl (C=O) groups is 3. The van der Waals surface area contributed by atoms with E-state index in [1.165, 1.54) is 0 Å². The Balaban J connectivity index is 1.59. The van der Waals surface area contributed by atoms with Gasteiger partial charge >= 0.3 is 6.09 Å². The molecule has 0 saturated carbocycles. The third kappa shape index (κ3) is 5.07. The van der Waals surface area contributed by atoms with Crippen molar-refractivity contribution in [2.75, 3.05) is 32.8 Å². The summed E-state index contributed by atoms with van der Waals surface area (Å²) < 4.78 is 5.19. The highest BCUT2D eigenvalue weighted by atomic mass is 35.5. The van der Waals surface area contributed by atoms with Crippen LogP contribution in [0, 0.1) is 6.92 Å². The molecule has 0 atom stereocenters. The predicted molar refractivity (Wildman–Crippen MR) is 135 cm³/mol. The Morgan fingerprint density at radius 2 is 1.74 bits per heavy atom. The number of carbonyl (C=O) groups excluding carboxylic acids is 3. The maximum atomic E-state index is 13.2. The molecule has 1 fully saturated rings. The molecule has 35 heavy (non-hydrogen) atoms. The molecule has 3 amide bonds. The Morgan fingerprint density at radius 1 is 1.03 bits per heavy atom. The summed E-state index contributed by atoms with van der Waals surface area (Å²) in [6, 6.07) is 12.2. The Kier molecular flexibility index (Phi) is 7.21. The molecule has 182 valence electrons. The minimum absolute atomic E-state index is 0.135. The zero-order valence-electron chi connectivity index (χ0n) is 19.7. The summed E-state index contributed by atoms with van der Waals surface area (Å²) in [6.45, 7) is 5.88. The van der Waals surface area contributed by atoms with Gasteiger partial charge in [-0.25, -0.2) is 9.78 Å². The van der Waals surface area contributed by atoms with E-state index in [1.807, 2.05) is 19.9 Å². The number of hydrogen-bond donors (Lipinski definition) is 1. The largest absolute Gasteiger partial charge is 0.449 e. The second kappa shape index (κ2) is 10.3. The van der Waals surface area contributed by atoms with Crippen molar-refractivity contribution in [2.45, 2.75) is 20.3 Å². The number of hydrogen-bond acceptors (Lipinski definition) is 5. The van der Waals surface area contributed by atoms with Gasteiger partial charge in [-0.05, 0) is 43.2 Å². The molecule has 0 spiro atoms. The number of pyridine rings is 1. The lowest BCUT2D eigenvalue weighted by Gasteiger charge is -2.34. The first kappa shape index (κ1) is 24.5. The Morgan fingerprint density at radius 3 is 2.43 bits per heavy atom. The summed E-state index contributed by atoms with van der Waals surface area (Å²) in [5.41, 5.74) is 8.98. The van der Waals surface area contributed by atoms with Gasteiger partial charge in [-0.3, -0.25) is 9.59 Å². The van der Waals surface area contributed by atoms with Crippen molar-refractivity contribution in [3.05, 3.63) is 64.2 Å². The van der Waals surface area contributed by atoms with E-state index in [-0.39, 0.29) is 12.0 Å². The Hall–Kier alpha value is -3.65. The van der Waals surface area contributed by atoms with Crippen molar-refractivity contribution in [1.82, 2.24) is 14.8 Å². The number of amides is 3. The van der Waals surface area contributed by atoms with Gasteiger partial charge in [0.1, 0.15) is 0 Å². The van der Waals surface area contributed by atoms with Crippen molar-refractivity contribution < 1.29 is 19.1 Å². The van der Waals surface area contributed by atoms with Crippen LogP contribution in [0.3, 0.4) is 0 Å². The average Bonchev–Trinajstić information content (AvgIpc) is 2.88. The number of nitrogens with two attached hydrogens (primary N) is 1. The highest BCUT2D eigenvalue weighted by Crippen LogP contribution is 2.33. The van der Waals surface area contributed by atoms with Crippen LogP contribution < -0.4 is 5.73 Å². The summed E-state index contributed by atoms with van der Waals surface area (Å²) in [4.78, 5) is 45.0. The molecular formula is C26H27ClN4O4. The molecule has 9 heteroatoms. The van der Waals surface area contributed by atoms with Crippen LogP contribution >= 0.6 is 11.6 Å². The van der Waals surface area contributed by atoms with Crippen LogP contribution in [0.2, 0.25) is 5.02 Å². The number of nitrogens with zero attached hydrogens (tertiary/aromatic N) is 3. The van der Waals surface area contributed by atoms with Crippen molar-refractivity contribution in [3.8, 4) is 11.3 Å². The first-order chi connectivity index (χ1) is 16.8. The van der Waals surface area contributed by atoms with Gasteiger partial charge in [-0.1, -0.05) is 36.7 Å². The summed E-state index contributed by atoms with van der Waals surface area (Å²) in [5.74, 6) is -0.660. The van der Waals surface area contributed by atoms with E-state index < -0.39 is 5.91 Å². The lowest BCUT2D eigenvalue weighted by molar-refractivity contribution is 0.0560.